The normalized spacial score (nSPS) is 10.4. The minimum atomic E-state index is -0.262. The fourth-order valence-corrected chi connectivity index (χ4v) is 2.71. The lowest BCUT2D eigenvalue weighted by Gasteiger charge is -2.10. The molecular formula is C22H24N4O2. The number of ether oxygens (including phenoxy) is 1. The summed E-state index contributed by atoms with van der Waals surface area (Å²) in [6, 6.07) is 17.2. The topological polar surface area (TPSA) is 76.1 Å². The Morgan fingerprint density at radius 2 is 1.68 bits per heavy atom. The Kier molecular flexibility index (Phi) is 6.22. The highest BCUT2D eigenvalue weighted by atomic mass is 16.5. The molecule has 0 bridgehead atoms. The van der Waals surface area contributed by atoms with E-state index in [0.29, 0.717) is 18.2 Å². The number of carbonyl (C=O) groups excluding carboxylic acids is 1. The van der Waals surface area contributed by atoms with E-state index in [9.17, 15) is 4.79 Å². The van der Waals surface area contributed by atoms with Crippen molar-refractivity contribution in [3.63, 3.8) is 0 Å². The minimum Gasteiger partial charge on any atom is -0.497 e. The number of nitrogens with one attached hydrogen (secondary N) is 2. The van der Waals surface area contributed by atoms with Gasteiger partial charge in [-0.15, -0.1) is 0 Å². The lowest BCUT2D eigenvalue weighted by atomic mass is 10.1. The second-order valence-electron chi connectivity index (χ2n) is 6.42. The third kappa shape index (κ3) is 5.07. The zero-order chi connectivity index (χ0) is 19.9. The Hall–Kier alpha value is -3.41. The molecule has 0 aliphatic carbocycles. The molecule has 0 atom stereocenters. The number of methoxy groups -OCH3 is 1. The van der Waals surface area contributed by atoms with E-state index in [2.05, 4.69) is 27.5 Å². The van der Waals surface area contributed by atoms with Crippen LogP contribution in [0.2, 0.25) is 0 Å². The molecule has 2 N–H and O–H groups in total. The first-order valence-corrected chi connectivity index (χ1v) is 9.20. The largest absolute Gasteiger partial charge is 0.497 e. The molecule has 6 nitrogen and oxygen atoms in total. The van der Waals surface area contributed by atoms with Gasteiger partial charge in [0.1, 0.15) is 11.4 Å². The van der Waals surface area contributed by atoms with Gasteiger partial charge in [0.15, 0.2) is 0 Å². The predicted molar refractivity (Wildman–Crippen MR) is 111 cm³/mol. The molecule has 0 spiro atoms. The molecule has 6 heteroatoms. The van der Waals surface area contributed by atoms with E-state index in [-0.39, 0.29) is 5.91 Å². The first kappa shape index (κ1) is 19.4. The fourth-order valence-electron chi connectivity index (χ4n) is 2.71. The third-order valence-corrected chi connectivity index (χ3v) is 4.32. The molecule has 0 unspecified atom stereocenters. The molecule has 3 aromatic rings. The summed E-state index contributed by atoms with van der Waals surface area (Å²) in [6.45, 7) is 4.48. The predicted octanol–water partition coefficient (Wildman–Crippen LogP) is 4.22. The Labute approximate surface area is 165 Å². The molecule has 144 valence electrons. The van der Waals surface area contributed by atoms with Crippen LogP contribution < -0.4 is 15.4 Å². The molecule has 0 aliphatic rings. The summed E-state index contributed by atoms with van der Waals surface area (Å²) < 4.78 is 5.16. The van der Waals surface area contributed by atoms with Crippen LogP contribution in [0.5, 0.6) is 5.75 Å². The van der Waals surface area contributed by atoms with Crippen LogP contribution in [-0.2, 0) is 13.0 Å². The van der Waals surface area contributed by atoms with Crippen LogP contribution in [0.4, 0.5) is 11.6 Å². The number of amides is 1. The van der Waals surface area contributed by atoms with Gasteiger partial charge in [0.05, 0.1) is 7.11 Å². The van der Waals surface area contributed by atoms with E-state index in [1.807, 2.05) is 55.5 Å². The Balaban J connectivity index is 1.68. The van der Waals surface area contributed by atoms with Crippen LogP contribution in [0.25, 0.3) is 0 Å². The van der Waals surface area contributed by atoms with E-state index < -0.39 is 0 Å². The molecule has 2 aromatic carbocycles. The van der Waals surface area contributed by atoms with Crippen molar-refractivity contribution in [2.45, 2.75) is 26.8 Å². The van der Waals surface area contributed by atoms with Crippen LogP contribution >= 0.6 is 0 Å². The lowest BCUT2D eigenvalue weighted by Crippen LogP contribution is -2.16. The molecule has 1 aromatic heterocycles. The molecule has 0 aliphatic heterocycles. The van der Waals surface area contributed by atoms with Crippen molar-refractivity contribution in [3.8, 4) is 5.75 Å². The van der Waals surface area contributed by atoms with Crippen LogP contribution in [0.1, 0.15) is 34.2 Å². The van der Waals surface area contributed by atoms with Gasteiger partial charge in [-0.2, -0.15) is 0 Å². The van der Waals surface area contributed by atoms with Gasteiger partial charge in [-0.25, -0.2) is 9.97 Å². The van der Waals surface area contributed by atoms with Gasteiger partial charge in [-0.3, -0.25) is 4.79 Å². The molecule has 28 heavy (non-hydrogen) atoms. The Bertz CT molecular complexity index is 938. The van der Waals surface area contributed by atoms with Crippen LogP contribution in [0, 0.1) is 6.92 Å². The van der Waals surface area contributed by atoms with Gasteiger partial charge in [0.2, 0.25) is 5.95 Å². The SMILES string of the molecule is CCc1ccc(NC(=O)c2cc(C)nc(NCc3ccc(OC)cc3)n2)cc1. The maximum atomic E-state index is 12.6. The van der Waals surface area contributed by atoms with Gasteiger partial charge in [0.25, 0.3) is 5.91 Å². The summed E-state index contributed by atoms with van der Waals surface area (Å²) in [6.07, 6.45) is 0.961. The molecular weight excluding hydrogens is 352 g/mol. The highest BCUT2D eigenvalue weighted by Crippen LogP contribution is 2.14. The number of hydrogen-bond donors (Lipinski definition) is 2. The van der Waals surface area contributed by atoms with E-state index >= 15 is 0 Å². The smallest absolute Gasteiger partial charge is 0.274 e. The summed E-state index contributed by atoms with van der Waals surface area (Å²) in [7, 11) is 1.64. The number of benzene rings is 2. The summed E-state index contributed by atoms with van der Waals surface area (Å²) in [5.74, 6) is 0.964. The quantitative estimate of drug-likeness (QED) is 0.646. The number of carbonyl (C=O) groups is 1. The highest BCUT2D eigenvalue weighted by Gasteiger charge is 2.11. The van der Waals surface area contributed by atoms with Crippen molar-refractivity contribution >= 4 is 17.5 Å². The van der Waals surface area contributed by atoms with E-state index in [1.54, 1.807) is 13.2 Å². The maximum Gasteiger partial charge on any atom is 0.274 e. The molecule has 0 saturated heterocycles. The summed E-state index contributed by atoms with van der Waals surface area (Å²) in [5, 5.41) is 6.05. The lowest BCUT2D eigenvalue weighted by molar-refractivity contribution is 0.102. The Morgan fingerprint density at radius 3 is 2.32 bits per heavy atom. The van der Waals surface area contributed by atoms with Crippen LogP contribution in [0.15, 0.2) is 54.6 Å². The molecule has 1 amide bonds. The molecule has 0 fully saturated rings. The van der Waals surface area contributed by atoms with Gasteiger partial charge in [-0.1, -0.05) is 31.2 Å². The number of anilines is 2. The van der Waals surface area contributed by atoms with Crippen LogP contribution in [-0.4, -0.2) is 23.0 Å². The van der Waals surface area contributed by atoms with E-state index in [1.165, 1.54) is 5.56 Å². The second kappa shape index (κ2) is 8.99. The highest BCUT2D eigenvalue weighted by molar-refractivity contribution is 6.03. The van der Waals surface area contributed by atoms with Crippen LogP contribution in [0.3, 0.4) is 0 Å². The van der Waals surface area contributed by atoms with Crippen molar-refractivity contribution in [1.82, 2.24) is 9.97 Å². The number of aromatic nitrogens is 2. The van der Waals surface area contributed by atoms with Crippen molar-refractivity contribution in [3.05, 3.63) is 77.1 Å². The standard InChI is InChI=1S/C22H24N4O2/c1-4-16-5-9-18(10-6-16)25-21(27)20-13-15(2)24-22(26-20)23-14-17-7-11-19(28-3)12-8-17/h5-13H,4,14H2,1-3H3,(H,25,27)(H,23,24,26). The van der Waals surface area contributed by atoms with E-state index in [0.717, 1.165) is 29.1 Å². The number of nitrogens with zero attached hydrogens (tertiary/aromatic N) is 2. The second-order valence-corrected chi connectivity index (χ2v) is 6.42. The van der Waals surface area contributed by atoms with Gasteiger partial charge in [-0.05, 0) is 54.8 Å². The van der Waals surface area contributed by atoms with Gasteiger partial charge < -0.3 is 15.4 Å². The molecule has 0 saturated carbocycles. The average Bonchev–Trinajstić information content (AvgIpc) is 2.72. The zero-order valence-corrected chi connectivity index (χ0v) is 16.3. The summed E-state index contributed by atoms with van der Waals surface area (Å²) in [4.78, 5) is 21.3. The van der Waals surface area contributed by atoms with Gasteiger partial charge >= 0.3 is 0 Å². The monoisotopic (exact) mass is 376 g/mol. The third-order valence-electron chi connectivity index (χ3n) is 4.32. The summed E-state index contributed by atoms with van der Waals surface area (Å²) >= 11 is 0. The van der Waals surface area contributed by atoms with Gasteiger partial charge in [0, 0.05) is 17.9 Å². The molecule has 0 radical (unpaired) electrons. The first-order valence-electron chi connectivity index (χ1n) is 9.20. The average molecular weight is 376 g/mol. The van der Waals surface area contributed by atoms with Crippen molar-refractivity contribution < 1.29 is 9.53 Å². The van der Waals surface area contributed by atoms with Crippen molar-refractivity contribution in [2.75, 3.05) is 17.7 Å². The Morgan fingerprint density at radius 1 is 1.00 bits per heavy atom. The number of aryl methyl sites for hydroxylation is 2. The molecule has 3 rings (SSSR count). The summed E-state index contributed by atoms with van der Waals surface area (Å²) in [5.41, 5.74) is 4.07. The fraction of sp³-hybridized carbons (Fsp3) is 0.227. The van der Waals surface area contributed by atoms with Crippen molar-refractivity contribution in [1.29, 1.82) is 0 Å². The number of rotatable bonds is 7. The first-order chi connectivity index (χ1) is 13.6. The zero-order valence-electron chi connectivity index (χ0n) is 16.3. The number of hydrogen-bond acceptors (Lipinski definition) is 5. The molecule has 1 heterocycles. The maximum absolute atomic E-state index is 12.6. The van der Waals surface area contributed by atoms with Crippen molar-refractivity contribution in [2.24, 2.45) is 0 Å². The van der Waals surface area contributed by atoms with E-state index in [4.69, 9.17) is 4.74 Å². The minimum absolute atomic E-state index is 0.262.